The van der Waals surface area contributed by atoms with Crippen molar-refractivity contribution in [3.05, 3.63) is 0 Å². The maximum Gasteiger partial charge on any atom is 0.238 e. The highest BCUT2D eigenvalue weighted by Gasteiger charge is 2.18. The Bertz CT molecular complexity index is 288. The number of rotatable bonds is 5. The molecule has 1 aliphatic rings. The minimum absolute atomic E-state index is 0.0335. The first-order valence-electron chi connectivity index (χ1n) is 6.32. The van der Waals surface area contributed by atoms with Crippen molar-refractivity contribution < 1.29 is 14.3 Å². The lowest BCUT2D eigenvalue weighted by atomic mass is 10.1. The first-order chi connectivity index (χ1) is 8.50. The molecular formula is C12H23N3O3. The molecule has 6 nitrogen and oxygen atoms in total. The zero-order chi connectivity index (χ0) is 13.5. The summed E-state index contributed by atoms with van der Waals surface area (Å²) in [7, 11) is 3.39. The van der Waals surface area contributed by atoms with Gasteiger partial charge >= 0.3 is 0 Å². The second-order valence-electron chi connectivity index (χ2n) is 4.79. The first-order valence-corrected chi connectivity index (χ1v) is 6.32. The number of ether oxygens (including phenoxy) is 1. The Morgan fingerprint density at radius 3 is 2.50 bits per heavy atom. The van der Waals surface area contributed by atoms with Crippen molar-refractivity contribution in [3.8, 4) is 0 Å². The zero-order valence-electron chi connectivity index (χ0n) is 11.4. The van der Waals surface area contributed by atoms with E-state index in [1.54, 1.807) is 21.0 Å². The molecule has 104 valence electrons. The van der Waals surface area contributed by atoms with Crippen molar-refractivity contribution in [2.24, 2.45) is 0 Å². The Kier molecular flexibility index (Phi) is 6.07. The monoisotopic (exact) mass is 257 g/mol. The molecule has 0 aromatic heterocycles. The molecule has 0 spiro atoms. The van der Waals surface area contributed by atoms with E-state index in [4.69, 9.17) is 4.74 Å². The number of nitrogens with zero attached hydrogens (tertiary/aromatic N) is 1. The molecule has 0 aromatic carbocycles. The third kappa shape index (κ3) is 5.01. The summed E-state index contributed by atoms with van der Waals surface area (Å²) in [6.07, 6.45) is 1.72. The van der Waals surface area contributed by atoms with Crippen LogP contribution in [0.1, 0.15) is 19.8 Å². The van der Waals surface area contributed by atoms with Gasteiger partial charge in [-0.2, -0.15) is 0 Å². The van der Waals surface area contributed by atoms with E-state index in [2.05, 4.69) is 10.6 Å². The van der Waals surface area contributed by atoms with Gasteiger partial charge < -0.3 is 15.0 Å². The van der Waals surface area contributed by atoms with E-state index in [0.29, 0.717) is 13.2 Å². The van der Waals surface area contributed by atoms with E-state index >= 15 is 0 Å². The predicted octanol–water partition coefficient (Wildman–Crippen LogP) is -0.652. The fourth-order valence-electron chi connectivity index (χ4n) is 1.84. The summed E-state index contributed by atoms with van der Waals surface area (Å²) in [4.78, 5) is 24.7. The van der Waals surface area contributed by atoms with Gasteiger partial charge in [0.15, 0.2) is 0 Å². The van der Waals surface area contributed by atoms with Gasteiger partial charge in [-0.3, -0.25) is 14.9 Å². The van der Waals surface area contributed by atoms with Gasteiger partial charge in [-0.15, -0.1) is 0 Å². The molecule has 1 unspecified atom stereocenters. The van der Waals surface area contributed by atoms with E-state index in [-0.39, 0.29) is 30.4 Å². The standard InChI is InChI=1S/C12H23N3O3/c1-9(12(17)15(2)3)13-8-11(16)14-10-4-6-18-7-5-10/h9-10,13H,4-8H2,1-3H3,(H,14,16). The Hall–Kier alpha value is -1.14. The Morgan fingerprint density at radius 2 is 1.94 bits per heavy atom. The molecule has 1 heterocycles. The van der Waals surface area contributed by atoms with Crippen molar-refractivity contribution >= 4 is 11.8 Å². The SMILES string of the molecule is CC(NCC(=O)NC1CCOCC1)C(=O)N(C)C. The lowest BCUT2D eigenvalue weighted by Crippen LogP contribution is -2.48. The summed E-state index contributed by atoms with van der Waals surface area (Å²) in [6, 6.07) is -0.145. The summed E-state index contributed by atoms with van der Waals surface area (Å²) >= 11 is 0. The lowest BCUT2D eigenvalue weighted by molar-refractivity contribution is -0.130. The molecule has 1 atom stereocenters. The molecular weight excluding hydrogens is 234 g/mol. The molecule has 0 saturated carbocycles. The Labute approximate surface area is 108 Å². The van der Waals surface area contributed by atoms with Gasteiger partial charge in [0.05, 0.1) is 12.6 Å². The maximum atomic E-state index is 11.7. The van der Waals surface area contributed by atoms with Crippen LogP contribution in [0.25, 0.3) is 0 Å². The van der Waals surface area contributed by atoms with Crippen molar-refractivity contribution in [1.82, 2.24) is 15.5 Å². The van der Waals surface area contributed by atoms with Gasteiger partial charge in [-0.1, -0.05) is 0 Å². The van der Waals surface area contributed by atoms with E-state index in [9.17, 15) is 9.59 Å². The molecule has 1 aliphatic heterocycles. The van der Waals surface area contributed by atoms with Crippen LogP contribution in [-0.4, -0.2) is 62.7 Å². The first kappa shape index (κ1) is 14.9. The van der Waals surface area contributed by atoms with Gasteiger partial charge in [0, 0.05) is 33.4 Å². The van der Waals surface area contributed by atoms with Crippen LogP contribution in [0.5, 0.6) is 0 Å². The van der Waals surface area contributed by atoms with Crippen LogP contribution in [0, 0.1) is 0 Å². The molecule has 18 heavy (non-hydrogen) atoms. The van der Waals surface area contributed by atoms with E-state index in [0.717, 1.165) is 12.8 Å². The second kappa shape index (κ2) is 7.33. The summed E-state index contributed by atoms with van der Waals surface area (Å²) in [5.41, 5.74) is 0. The van der Waals surface area contributed by atoms with Crippen LogP contribution < -0.4 is 10.6 Å². The quantitative estimate of drug-likeness (QED) is 0.686. The summed E-state index contributed by atoms with van der Waals surface area (Å²) in [6.45, 7) is 3.32. The molecule has 6 heteroatoms. The highest BCUT2D eigenvalue weighted by Crippen LogP contribution is 2.05. The molecule has 1 rings (SSSR count). The summed E-state index contributed by atoms with van der Waals surface area (Å²) < 4.78 is 5.22. The van der Waals surface area contributed by atoms with Crippen molar-refractivity contribution in [2.45, 2.75) is 31.8 Å². The molecule has 0 aliphatic carbocycles. The minimum Gasteiger partial charge on any atom is -0.381 e. The van der Waals surface area contributed by atoms with Gasteiger partial charge in [0.2, 0.25) is 11.8 Å². The molecule has 0 aromatic rings. The number of hydrogen-bond acceptors (Lipinski definition) is 4. The fourth-order valence-corrected chi connectivity index (χ4v) is 1.84. The van der Waals surface area contributed by atoms with E-state index in [1.165, 1.54) is 4.90 Å². The third-order valence-corrected chi connectivity index (χ3v) is 2.97. The fraction of sp³-hybridized carbons (Fsp3) is 0.833. The molecule has 2 N–H and O–H groups in total. The van der Waals surface area contributed by atoms with Crippen LogP contribution in [0.15, 0.2) is 0 Å². The second-order valence-corrected chi connectivity index (χ2v) is 4.79. The summed E-state index contributed by atoms with van der Waals surface area (Å²) in [5.74, 6) is -0.103. The summed E-state index contributed by atoms with van der Waals surface area (Å²) in [5, 5.41) is 5.85. The highest BCUT2D eigenvalue weighted by atomic mass is 16.5. The number of carbonyl (C=O) groups is 2. The molecule has 0 radical (unpaired) electrons. The lowest BCUT2D eigenvalue weighted by Gasteiger charge is -2.24. The van der Waals surface area contributed by atoms with Crippen molar-refractivity contribution in [2.75, 3.05) is 33.9 Å². The van der Waals surface area contributed by atoms with Crippen molar-refractivity contribution in [1.29, 1.82) is 0 Å². The van der Waals surface area contributed by atoms with Gasteiger partial charge in [0.25, 0.3) is 0 Å². The van der Waals surface area contributed by atoms with Crippen LogP contribution in [-0.2, 0) is 14.3 Å². The minimum atomic E-state index is -0.347. The number of likely N-dealkylation sites (N-methyl/N-ethyl adjacent to an activating group) is 1. The topological polar surface area (TPSA) is 70.7 Å². The smallest absolute Gasteiger partial charge is 0.238 e. The maximum absolute atomic E-state index is 11.7. The van der Waals surface area contributed by atoms with Crippen molar-refractivity contribution in [3.63, 3.8) is 0 Å². The average Bonchev–Trinajstić information content (AvgIpc) is 2.36. The van der Waals surface area contributed by atoms with E-state index in [1.807, 2.05) is 0 Å². The van der Waals surface area contributed by atoms with Gasteiger partial charge in [-0.25, -0.2) is 0 Å². The van der Waals surface area contributed by atoms with Gasteiger partial charge in [-0.05, 0) is 19.8 Å². The third-order valence-electron chi connectivity index (χ3n) is 2.97. The molecule has 2 amide bonds. The van der Waals surface area contributed by atoms with Crippen LogP contribution in [0.4, 0.5) is 0 Å². The number of amides is 2. The number of hydrogen-bond donors (Lipinski definition) is 2. The predicted molar refractivity (Wildman–Crippen MR) is 68.1 cm³/mol. The average molecular weight is 257 g/mol. The largest absolute Gasteiger partial charge is 0.381 e. The number of nitrogens with one attached hydrogen (secondary N) is 2. The molecule has 0 bridgehead atoms. The normalized spacial score (nSPS) is 18.2. The van der Waals surface area contributed by atoms with E-state index < -0.39 is 0 Å². The Morgan fingerprint density at radius 1 is 1.33 bits per heavy atom. The van der Waals surface area contributed by atoms with Gasteiger partial charge in [0.1, 0.15) is 0 Å². The van der Waals surface area contributed by atoms with Crippen LogP contribution in [0.3, 0.4) is 0 Å². The van der Waals surface area contributed by atoms with Crippen LogP contribution >= 0.6 is 0 Å². The van der Waals surface area contributed by atoms with Crippen LogP contribution in [0.2, 0.25) is 0 Å². The Balaban J connectivity index is 2.21. The highest BCUT2D eigenvalue weighted by molar-refractivity contribution is 5.83. The zero-order valence-corrected chi connectivity index (χ0v) is 11.4. The number of carbonyl (C=O) groups excluding carboxylic acids is 2. The molecule has 1 saturated heterocycles. The molecule has 1 fully saturated rings.